The highest BCUT2D eigenvalue weighted by molar-refractivity contribution is 6.06. The summed E-state index contributed by atoms with van der Waals surface area (Å²) in [5.41, 5.74) is 2.27. The van der Waals surface area contributed by atoms with Crippen LogP contribution in [-0.4, -0.2) is 11.0 Å². The molecule has 0 spiro atoms. The van der Waals surface area contributed by atoms with Crippen molar-refractivity contribution in [3.63, 3.8) is 0 Å². The number of rotatable bonds is 4. The van der Waals surface area contributed by atoms with Gasteiger partial charge in [0.2, 0.25) is 0 Å². The second-order valence-electron chi connectivity index (χ2n) is 4.68. The van der Waals surface area contributed by atoms with Gasteiger partial charge in [-0.25, -0.2) is 0 Å². The molecule has 0 saturated heterocycles. The lowest BCUT2D eigenvalue weighted by molar-refractivity contribution is -0.112. The molecule has 0 bridgehead atoms. The molecule has 5 heteroatoms. The minimum atomic E-state index is -0.487. The van der Waals surface area contributed by atoms with Gasteiger partial charge < -0.3 is 15.7 Å². The molecule has 0 aromatic heterocycles. The number of aryl methyl sites for hydroxylation is 1. The molecule has 3 N–H and O–H groups in total. The SMILES string of the molecule is Cc1cccc(NC(=O)/C(C#N)=C\Nc2ccc(O)cc2)c1. The number of amides is 1. The second kappa shape index (κ2) is 6.95. The third-order valence-corrected chi connectivity index (χ3v) is 2.89. The van der Waals surface area contributed by atoms with E-state index in [9.17, 15) is 9.90 Å². The highest BCUT2D eigenvalue weighted by atomic mass is 16.3. The van der Waals surface area contributed by atoms with Gasteiger partial charge in [-0.1, -0.05) is 12.1 Å². The van der Waals surface area contributed by atoms with E-state index < -0.39 is 5.91 Å². The van der Waals surface area contributed by atoms with Crippen LogP contribution in [0.25, 0.3) is 0 Å². The number of hydrogen-bond donors (Lipinski definition) is 3. The van der Waals surface area contributed by atoms with Gasteiger partial charge in [-0.3, -0.25) is 4.79 Å². The summed E-state index contributed by atoms with van der Waals surface area (Å²) in [7, 11) is 0. The van der Waals surface area contributed by atoms with Crippen LogP contribution in [0, 0.1) is 18.3 Å². The van der Waals surface area contributed by atoms with Crippen LogP contribution in [0.3, 0.4) is 0 Å². The topological polar surface area (TPSA) is 85.2 Å². The number of carbonyl (C=O) groups is 1. The zero-order valence-electron chi connectivity index (χ0n) is 12.0. The monoisotopic (exact) mass is 293 g/mol. The van der Waals surface area contributed by atoms with Crippen molar-refractivity contribution in [1.82, 2.24) is 0 Å². The van der Waals surface area contributed by atoms with E-state index in [-0.39, 0.29) is 11.3 Å². The first kappa shape index (κ1) is 15.1. The molecular weight excluding hydrogens is 278 g/mol. The van der Waals surface area contributed by atoms with Gasteiger partial charge in [0.25, 0.3) is 5.91 Å². The standard InChI is InChI=1S/C17H15N3O2/c1-12-3-2-4-15(9-12)20-17(22)13(10-18)11-19-14-5-7-16(21)8-6-14/h2-9,11,19,21H,1H3,(H,20,22)/b13-11-. The van der Waals surface area contributed by atoms with Gasteiger partial charge in [-0.15, -0.1) is 0 Å². The van der Waals surface area contributed by atoms with Crippen LogP contribution in [0.4, 0.5) is 11.4 Å². The first-order valence-electron chi connectivity index (χ1n) is 6.62. The van der Waals surface area contributed by atoms with Crippen molar-refractivity contribution in [3.05, 3.63) is 65.9 Å². The van der Waals surface area contributed by atoms with Crippen molar-refractivity contribution in [2.45, 2.75) is 6.92 Å². The van der Waals surface area contributed by atoms with Crippen molar-refractivity contribution in [2.24, 2.45) is 0 Å². The van der Waals surface area contributed by atoms with Crippen molar-refractivity contribution in [1.29, 1.82) is 5.26 Å². The maximum Gasteiger partial charge on any atom is 0.267 e. The number of anilines is 2. The molecule has 5 nitrogen and oxygen atoms in total. The Labute approximate surface area is 128 Å². The molecule has 0 radical (unpaired) electrons. The average molecular weight is 293 g/mol. The molecule has 0 aliphatic heterocycles. The van der Waals surface area contributed by atoms with Gasteiger partial charge in [0.05, 0.1) is 0 Å². The minimum absolute atomic E-state index is 0.0467. The van der Waals surface area contributed by atoms with Gasteiger partial charge in [-0.2, -0.15) is 5.26 Å². The van der Waals surface area contributed by atoms with Crippen LogP contribution in [0.5, 0.6) is 5.75 Å². The Morgan fingerprint density at radius 1 is 1.18 bits per heavy atom. The third kappa shape index (κ3) is 4.12. The fraction of sp³-hybridized carbons (Fsp3) is 0.0588. The number of hydrogen-bond acceptors (Lipinski definition) is 4. The summed E-state index contributed by atoms with van der Waals surface area (Å²) in [5, 5.41) is 23.8. The molecule has 22 heavy (non-hydrogen) atoms. The normalized spacial score (nSPS) is 10.6. The molecule has 2 aromatic rings. The molecule has 0 atom stereocenters. The van der Waals surface area contributed by atoms with E-state index in [0.717, 1.165) is 5.56 Å². The predicted molar refractivity (Wildman–Crippen MR) is 85.2 cm³/mol. The van der Waals surface area contributed by atoms with Gasteiger partial charge in [0.1, 0.15) is 17.4 Å². The van der Waals surface area contributed by atoms with E-state index in [1.54, 1.807) is 18.2 Å². The Kier molecular flexibility index (Phi) is 4.78. The van der Waals surface area contributed by atoms with Gasteiger partial charge >= 0.3 is 0 Å². The summed E-state index contributed by atoms with van der Waals surface area (Å²) in [6, 6.07) is 15.5. The quantitative estimate of drug-likeness (QED) is 0.459. The number of nitrogens with one attached hydrogen (secondary N) is 2. The molecule has 0 heterocycles. The Morgan fingerprint density at radius 3 is 2.55 bits per heavy atom. The van der Waals surface area contributed by atoms with Gasteiger partial charge in [0.15, 0.2) is 0 Å². The molecular formula is C17H15N3O2. The maximum atomic E-state index is 12.0. The van der Waals surface area contributed by atoms with Crippen molar-refractivity contribution in [3.8, 4) is 11.8 Å². The summed E-state index contributed by atoms with van der Waals surface area (Å²) in [6.45, 7) is 1.92. The molecule has 110 valence electrons. The number of nitriles is 1. The fourth-order valence-electron chi connectivity index (χ4n) is 1.78. The molecule has 2 rings (SSSR count). The molecule has 0 aliphatic rings. The highest BCUT2D eigenvalue weighted by Gasteiger charge is 2.09. The summed E-state index contributed by atoms with van der Waals surface area (Å²) in [6.07, 6.45) is 1.33. The Hall–Kier alpha value is -3.26. The molecule has 1 amide bonds. The third-order valence-electron chi connectivity index (χ3n) is 2.89. The van der Waals surface area contributed by atoms with Crippen molar-refractivity contribution in [2.75, 3.05) is 10.6 Å². The van der Waals surface area contributed by atoms with Crippen LogP contribution >= 0.6 is 0 Å². The zero-order valence-corrected chi connectivity index (χ0v) is 12.0. The molecule has 0 unspecified atom stereocenters. The van der Waals surface area contributed by atoms with Crippen LogP contribution < -0.4 is 10.6 Å². The first-order valence-corrected chi connectivity index (χ1v) is 6.62. The second-order valence-corrected chi connectivity index (χ2v) is 4.68. The number of aromatic hydroxyl groups is 1. The Balaban J connectivity index is 2.07. The van der Waals surface area contributed by atoms with E-state index in [2.05, 4.69) is 10.6 Å². The molecule has 0 saturated carbocycles. The van der Waals surface area contributed by atoms with Crippen molar-refractivity contribution >= 4 is 17.3 Å². The van der Waals surface area contributed by atoms with E-state index in [1.165, 1.54) is 18.3 Å². The molecule has 0 fully saturated rings. The number of benzene rings is 2. The summed E-state index contributed by atoms with van der Waals surface area (Å²) in [5.74, 6) is -0.341. The zero-order chi connectivity index (χ0) is 15.9. The van der Waals surface area contributed by atoms with Crippen LogP contribution in [0.1, 0.15) is 5.56 Å². The lowest BCUT2D eigenvalue weighted by Crippen LogP contribution is -2.14. The van der Waals surface area contributed by atoms with E-state index >= 15 is 0 Å². The van der Waals surface area contributed by atoms with E-state index in [0.29, 0.717) is 11.4 Å². The summed E-state index contributed by atoms with van der Waals surface area (Å²) < 4.78 is 0. The molecule has 0 aliphatic carbocycles. The van der Waals surface area contributed by atoms with Crippen molar-refractivity contribution < 1.29 is 9.90 Å². The van der Waals surface area contributed by atoms with Crippen LogP contribution in [-0.2, 0) is 4.79 Å². The van der Waals surface area contributed by atoms with E-state index in [1.807, 2.05) is 31.2 Å². The summed E-state index contributed by atoms with van der Waals surface area (Å²) >= 11 is 0. The van der Waals surface area contributed by atoms with Crippen LogP contribution in [0.2, 0.25) is 0 Å². The van der Waals surface area contributed by atoms with Crippen LogP contribution in [0.15, 0.2) is 60.3 Å². The smallest absolute Gasteiger partial charge is 0.267 e. The van der Waals surface area contributed by atoms with E-state index in [4.69, 9.17) is 5.26 Å². The maximum absolute atomic E-state index is 12.0. The Bertz CT molecular complexity index is 743. The summed E-state index contributed by atoms with van der Waals surface area (Å²) in [4.78, 5) is 12.0. The van der Waals surface area contributed by atoms with Gasteiger partial charge in [0, 0.05) is 17.6 Å². The number of carbonyl (C=O) groups excluding carboxylic acids is 1. The number of nitrogens with zero attached hydrogens (tertiary/aromatic N) is 1. The first-order chi connectivity index (χ1) is 10.6. The highest BCUT2D eigenvalue weighted by Crippen LogP contribution is 2.14. The van der Waals surface area contributed by atoms with Gasteiger partial charge in [-0.05, 0) is 48.9 Å². The minimum Gasteiger partial charge on any atom is -0.508 e. The lowest BCUT2D eigenvalue weighted by Gasteiger charge is -2.06. The fourth-order valence-corrected chi connectivity index (χ4v) is 1.78. The number of phenols is 1. The average Bonchev–Trinajstić information content (AvgIpc) is 2.49. The molecule has 2 aromatic carbocycles. The lowest BCUT2D eigenvalue weighted by atomic mass is 10.2. The largest absolute Gasteiger partial charge is 0.508 e. The predicted octanol–water partition coefficient (Wildman–Crippen LogP) is 3.16. The number of phenolic OH excluding ortho intramolecular Hbond substituents is 1. The Morgan fingerprint density at radius 2 is 1.91 bits per heavy atom.